The summed E-state index contributed by atoms with van der Waals surface area (Å²) in [6.45, 7) is 0. The molecule has 1 aromatic heterocycles. The van der Waals surface area contributed by atoms with E-state index in [0.29, 0.717) is 11.0 Å². The molecule has 0 spiro atoms. The fourth-order valence-corrected chi connectivity index (χ4v) is 2.59. The van der Waals surface area contributed by atoms with Crippen LogP contribution in [0.3, 0.4) is 0 Å². The average molecular weight is 284 g/mol. The van der Waals surface area contributed by atoms with Crippen LogP contribution in [0.2, 0.25) is 0 Å². The zero-order valence-corrected chi connectivity index (χ0v) is 11.2. The fourth-order valence-electron chi connectivity index (χ4n) is 1.81. The van der Waals surface area contributed by atoms with Gasteiger partial charge in [-0.2, -0.15) is 5.26 Å². The number of halogens is 1. The smallest absolute Gasteiger partial charge is 0.257 e. The van der Waals surface area contributed by atoms with Gasteiger partial charge in [0.1, 0.15) is 17.4 Å². The predicted octanol–water partition coefficient (Wildman–Crippen LogP) is 4.13. The first-order valence-corrected chi connectivity index (χ1v) is 6.92. The fraction of sp³-hybridized carbons (Fsp3) is 0.0667. The third-order valence-electron chi connectivity index (χ3n) is 2.79. The molecule has 20 heavy (non-hydrogen) atoms. The van der Waals surface area contributed by atoms with Crippen molar-refractivity contribution in [2.24, 2.45) is 0 Å². The normalized spacial score (nSPS) is 10.6. The molecule has 0 unspecified atom stereocenters. The van der Waals surface area contributed by atoms with E-state index in [-0.39, 0.29) is 5.56 Å². The SMILES string of the molecule is N#Cc1cc(CSc2nc3ccccc3o2)ccc1F. The Kier molecular flexibility index (Phi) is 3.40. The van der Waals surface area contributed by atoms with Crippen LogP contribution in [0.1, 0.15) is 11.1 Å². The van der Waals surface area contributed by atoms with Gasteiger partial charge in [0.2, 0.25) is 0 Å². The molecule has 0 aliphatic rings. The highest BCUT2D eigenvalue weighted by molar-refractivity contribution is 7.98. The van der Waals surface area contributed by atoms with Crippen LogP contribution >= 0.6 is 11.8 Å². The summed E-state index contributed by atoms with van der Waals surface area (Å²) in [6.07, 6.45) is 0. The van der Waals surface area contributed by atoms with E-state index in [1.165, 1.54) is 17.8 Å². The molecule has 3 aromatic rings. The van der Waals surface area contributed by atoms with Crippen molar-refractivity contribution in [1.82, 2.24) is 4.98 Å². The summed E-state index contributed by atoms with van der Waals surface area (Å²) in [5, 5.41) is 9.36. The highest BCUT2D eigenvalue weighted by Crippen LogP contribution is 2.26. The van der Waals surface area contributed by atoms with Crippen molar-refractivity contribution in [2.75, 3.05) is 0 Å². The molecule has 0 bridgehead atoms. The molecule has 3 nitrogen and oxygen atoms in total. The second-order valence-electron chi connectivity index (χ2n) is 4.16. The second kappa shape index (κ2) is 5.35. The molecule has 0 N–H and O–H groups in total. The number of aromatic nitrogens is 1. The highest BCUT2D eigenvalue weighted by atomic mass is 32.2. The molecule has 0 saturated heterocycles. The Morgan fingerprint density at radius 3 is 2.90 bits per heavy atom. The average Bonchev–Trinajstić information content (AvgIpc) is 2.89. The van der Waals surface area contributed by atoms with Crippen LogP contribution in [0.15, 0.2) is 52.1 Å². The van der Waals surface area contributed by atoms with E-state index in [9.17, 15) is 4.39 Å². The standard InChI is InChI=1S/C15H9FN2OS/c16-12-6-5-10(7-11(12)8-17)9-20-15-18-13-3-1-2-4-14(13)19-15/h1-7H,9H2. The Bertz CT molecular complexity index is 774. The first kappa shape index (κ1) is 12.7. The van der Waals surface area contributed by atoms with Crippen molar-refractivity contribution >= 4 is 22.9 Å². The zero-order chi connectivity index (χ0) is 13.9. The van der Waals surface area contributed by atoms with Gasteiger partial charge < -0.3 is 4.42 Å². The molecule has 0 fully saturated rings. The van der Waals surface area contributed by atoms with Gasteiger partial charge >= 0.3 is 0 Å². The largest absolute Gasteiger partial charge is 0.431 e. The number of benzene rings is 2. The Morgan fingerprint density at radius 1 is 1.25 bits per heavy atom. The minimum Gasteiger partial charge on any atom is -0.431 e. The lowest BCUT2D eigenvalue weighted by Gasteiger charge is -2.00. The van der Waals surface area contributed by atoms with Gasteiger partial charge in [0.15, 0.2) is 5.58 Å². The molecule has 98 valence electrons. The second-order valence-corrected chi connectivity index (χ2v) is 5.09. The molecule has 5 heteroatoms. The first-order valence-electron chi connectivity index (χ1n) is 5.93. The summed E-state index contributed by atoms with van der Waals surface area (Å²) in [6, 6.07) is 13.9. The molecule has 1 heterocycles. The van der Waals surface area contributed by atoms with Gasteiger partial charge in [0, 0.05) is 5.75 Å². The summed E-state index contributed by atoms with van der Waals surface area (Å²) in [4.78, 5) is 4.35. The first-order chi connectivity index (χ1) is 9.76. The third kappa shape index (κ3) is 2.51. The minimum atomic E-state index is -0.497. The van der Waals surface area contributed by atoms with E-state index in [1.807, 2.05) is 30.3 Å². The number of para-hydroxylation sites is 2. The van der Waals surface area contributed by atoms with Crippen molar-refractivity contribution < 1.29 is 8.81 Å². The van der Waals surface area contributed by atoms with Crippen LogP contribution in [0.5, 0.6) is 0 Å². The zero-order valence-electron chi connectivity index (χ0n) is 10.3. The van der Waals surface area contributed by atoms with E-state index >= 15 is 0 Å². The van der Waals surface area contributed by atoms with Gasteiger partial charge in [-0.1, -0.05) is 30.0 Å². The summed E-state index contributed by atoms with van der Waals surface area (Å²) >= 11 is 1.41. The Hall–Kier alpha value is -2.32. The minimum absolute atomic E-state index is 0.0562. The monoisotopic (exact) mass is 284 g/mol. The maximum Gasteiger partial charge on any atom is 0.257 e. The number of thioether (sulfide) groups is 1. The van der Waals surface area contributed by atoms with Crippen molar-refractivity contribution in [3.8, 4) is 6.07 Å². The maximum absolute atomic E-state index is 13.2. The maximum atomic E-state index is 13.2. The highest BCUT2D eigenvalue weighted by Gasteiger charge is 2.07. The number of hydrogen-bond donors (Lipinski definition) is 0. The molecular weight excluding hydrogens is 275 g/mol. The molecule has 0 radical (unpaired) electrons. The molecule has 3 rings (SSSR count). The Balaban J connectivity index is 1.77. The summed E-state index contributed by atoms with van der Waals surface area (Å²) in [7, 11) is 0. The Morgan fingerprint density at radius 2 is 2.10 bits per heavy atom. The molecule has 0 saturated carbocycles. The van der Waals surface area contributed by atoms with Gasteiger partial charge in [-0.15, -0.1) is 0 Å². The van der Waals surface area contributed by atoms with Crippen LogP contribution in [-0.2, 0) is 5.75 Å². The van der Waals surface area contributed by atoms with Gasteiger partial charge in [0.05, 0.1) is 5.56 Å². The van der Waals surface area contributed by atoms with E-state index in [0.717, 1.165) is 16.7 Å². The summed E-state index contributed by atoms with van der Waals surface area (Å²) in [5.74, 6) is 0.0741. The molecule has 0 aliphatic carbocycles. The number of rotatable bonds is 3. The molecule has 0 aliphatic heterocycles. The van der Waals surface area contributed by atoms with Crippen molar-refractivity contribution in [3.63, 3.8) is 0 Å². The van der Waals surface area contributed by atoms with Crippen LogP contribution in [-0.4, -0.2) is 4.98 Å². The van der Waals surface area contributed by atoms with Gasteiger partial charge in [-0.05, 0) is 29.8 Å². The quantitative estimate of drug-likeness (QED) is 0.678. The van der Waals surface area contributed by atoms with Crippen LogP contribution < -0.4 is 0 Å². The van der Waals surface area contributed by atoms with E-state index < -0.39 is 5.82 Å². The molecular formula is C15H9FN2OS. The number of nitriles is 1. The summed E-state index contributed by atoms with van der Waals surface area (Å²) < 4.78 is 18.8. The lowest BCUT2D eigenvalue weighted by molar-refractivity contribution is 0.489. The van der Waals surface area contributed by atoms with Gasteiger partial charge in [0.25, 0.3) is 5.22 Å². The van der Waals surface area contributed by atoms with Crippen LogP contribution in [0.4, 0.5) is 4.39 Å². The summed E-state index contributed by atoms with van der Waals surface area (Å²) in [5.41, 5.74) is 2.47. The number of oxazole rings is 1. The van der Waals surface area contributed by atoms with Crippen LogP contribution in [0.25, 0.3) is 11.1 Å². The van der Waals surface area contributed by atoms with Crippen molar-refractivity contribution in [1.29, 1.82) is 5.26 Å². The predicted molar refractivity (Wildman–Crippen MR) is 74.7 cm³/mol. The van der Waals surface area contributed by atoms with Crippen LogP contribution in [0, 0.1) is 17.1 Å². The molecule has 0 amide bonds. The van der Waals surface area contributed by atoms with Gasteiger partial charge in [-0.3, -0.25) is 0 Å². The lowest BCUT2D eigenvalue weighted by atomic mass is 10.1. The van der Waals surface area contributed by atoms with E-state index in [4.69, 9.17) is 9.68 Å². The molecule has 2 aromatic carbocycles. The lowest BCUT2D eigenvalue weighted by Crippen LogP contribution is -1.87. The third-order valence-corrected chi connectivity index (χ3v) is 3.69. The van der Waals surface area contributed by atoms with Gasteiger partial charge in [-0.25, -0.2) is 9.37 Å². The topological polar surface area (TPSA) is 49.8 Å². The number of fused-ring (bicyclic) bond motifs is 1. The number of nitrogens with zero attached hydrogens (tertiary/aromatic N) is 2. The van der Waals surface area contributed by atoms with Crippen molar-refractivity contribution in [3.05, 3.63) is 59.4 Å². The van der Waals surface area contributed by atoms with E-state index in [1.54, 1.807) is 12.1 Å². The van der Waals surface area contributed by atoms with E-state index in [2.05, 4.69) is 4.98 Å². The molecule has 0 atom stereocenters. The van der Waals surface area contributed by atoms with Crippen molar-refractivity contribution in [2.45, 2.75) is 11.0 Å². The Labute approximate surface area is 119 Å². The number of hydrogen-bond acceptors (Lipinski definition) is 4.